The molecule has 5 heteroatoms. The summed E-state index contributed by atoms with van der Waals surface area (Å²) in [6.45, 7) is 2.59. The molecule has 2 heterocycles. The van der Waals surface area contributed by atoms with Gasteiger partial charge in [-0.3, -0.25) is 0 Å². The van der Waals surface area contributed by atoms with E-state index in [-0.39, 0.29) is 6.04 Å². The molecule has 1 fully saturated rings. The van der Waals surface area contributed by atoms with Crippen LogP contribution >= 0.6 is 0 Å². The predicted octanol–water partition coefficient (Wildman–Crippen LogP) is 1.82. The van der Waals surface area contributed by atoms with Crippen molar-refractivity contribution in [1.82, 2.24) is 14.7 Å². The second kappa shape index (κ2) is 4.00. The van der Waals surface area contributed by atoms with Gasteiger partial charge in [0, 0.05) is 24.4 Å². The SMILES string of the molecule is CC(N)c1ccn(Cc2nc(C3CC3)no2)c1. The highest BCUT2D eigenvalue weighted by Gasteiger charge is 2.28. The lowest BCUT2D eigenvalue weighted by Gasteiger charge is -2.00. The van der Waals surface area contributed by atoms with Gasteiger partial charge in [0.25, 0.3) is 0 Å². The van der Waals surface area contributed by atoms with E-state index in [4.69, 9.17) is 10.3 Å². The van der Waals surface area contributed by atoms with Crippen molar-refractivity contribution in [1.29, 1.82) is 0 Å². The lowest BCUT2D eigenvalue weighted by molar-refractivity contribution is 0.366. The molecule has 1 unspecified atom stereocenters. The molecule has 2 N–H and O–H groups in total. The van der Waals surface area contributed by atoms with Crippen molar-refractivity contribution in [3.8, 4) is 0 Å². The van der Waals surface area contributed by atoms with Crippen LogP contribution in [0.3, 0.4) is 0 Å². The molecular weight excluding hydrogens is 216 g/mol. The highest BCUT2D eigenvalue weighted by molar-refractivity contribution is 5.14. The molecule has 0 saturated heterocycles. The highest BCUT2D eigenvalue weighted by Crippen LogP contribution is 2.38. The zero-order chi connectivity index (χ0) is 11.8. The van der Waals surface area contributed by atoms with E-state index in [1.165, 1.54) is 12.8 Å². The summed E-state index contributed by atoms with van der Waals surface area (Å²) < 4.78 is 7.24. The van der Waals surface area contributed by atoms with Gasteiger partial charge in [0.05, 0.1) is 0 Å². The maximum Gasteiger partial charge on any atom is 0.246 e. The largest absolute Gasteiger partial charge is 0.345 e. The van der Waals surface area contributed by atoms with Crippen molar-refractivity contribution < 1.29 is 4.52 Å². The fourth-order valence-electron chi connectivity index (χ4n) is 1.82. The third-order valence-electron chi connectivity index (χ3n) is 3.04. The van der Waals surface area contributed by atoms with Crippen molar-refractivity contribution in [2.75, 3.05) is 0 Å². The molecule has 17 heavy (non-hydrogen) atoms. The van der Waals surface area contributed by atoms with Crippen molar-refractivity contribution in [2.24, 2.45) is 5.73 Å². The first-order chi connectivity index (χ1) is 8.22. The number of nitrogens with two attached hydrogens (primary N) is 1. The van der Waals surface area contributed by atoms with E-state index in [2.05, 4.69) is 10.1 Å². The molecule has 1 atom stereocenters. The molecule has 5 nitrogen and oxygen atoms in total. The Bertz CT molecular complexity index is 472. The van der Waals surface area contributed by atoms with Crippen LogP contribution < -0.4 is 5.73 Å². The first kappa shape index (κ1) is 10.5. The Hall–Kier alpha value is -1.62. The van der Waals surface area contributed by atoms with Gasteiger partial charge in [0.2, 0.25) is 5.89 Å². The summed E-state index contributed by atoms with van der Waals surface area (Å²) in [6.07, 6.45) is 6.39. The molecule has 2 aromatic rings. The van der Waals surface area contributed by atoms with Crippen LogP contribution in [0.2, 0.25) is 0 Å². The van der Waals surface area contributed by atoms with Crippen LogP contribution in [-0.2, 0) is 6.54 Å². The first-order valence-electron chi connectivity index (χ1n) is 5.96. The summed E-state index contributed by atoms with van der Waals surface area (Å²) in [5.74, 6) is 2.06. The Labute approximate surface area is 99.6 Å². The zero-order valence-electron chi connectivity index (χ0n) is 9.84. The molecule has 1 saturated carbocycles. The van der Waals surface area contributed by atoms with Crippen molar-refractivity contribution in [3.63, 3.8) is 0 Å². The highest BCUT2D eigenvalue weighted by atomic mass is 16.5. The molecule has 2 aromatic heterocycles. The van der Waals surface area contributed by atoms with Gasteiger partial charge in [0.15, 0.2) is 5.82 Å². The number of rotatable bonds is 4. The van der Waals surface area contributed by atoms with Crippen LogP contribution in [0.15, 0.2) is 23.0 Å². The van der Waals surface area contributed by atoms with E-state index < -0.39 is 0 Å². The van der Waals surface area contributed by atoms with Crippen LogP contribution in [0.5, 0.6) is 0 Å². The Morgan fingerprint density at radius 3 is 3.06 bits per heavy atom. The van der Waals surface area contributed by atoms with Gasteiger partial charge in [-0.25, -0.2) is 0 Å². The van der Waals surface area contributed by atoms with Crippen LogP contribution in [0.4, 0.5) is 0 Å². The average molecular weight is 232 g/mol. The number of nitrogens with zero attached hydrogens (tertiary/aromatic N) is 3. The van der Waals surface area contributed by atoms with Crippen LogP contribution in [-0.4, -0.2) is 14.7 Å². The molecule has 0 radical (unpaired) electrons. The molecule has 0 aliphatic heterocycles. The Morgan fingerprint density at radius 2 is 2.41 bits per heavy atom. The molecule has 0 bridgehead atoms. The minimum Gasteiger partial charge on any atom is -0.345 e. The van der Waals surface area contributed by atoms with E-state index in [0.717, 1.165) is 11.4 Å². The summed E-state index contributed by atoms with van der Waals surface area (Å²) >= 11 is 0. The van der Waals surface area contributed by atoms with Crippen molar-refractivity contribution in [3.05, 3.63) is 35.7 Å². The molecule has 90 valence electrons. The summed E-state index contributed by atoms with van der Waals surface area (Å²) in [4.78, 5) is 4.39. The number of hydrogen-bond donors (Lipinski definition) is 1. The van der Waals surface area contributed by atoms with Crippen LogP contribution in [0, 0.1) is 0 Å². The summed E-state index contributed by atoms with van der Waals surface area (Å²) in [5.41, 5.74) is 6.93. The maximum absolute atomic E-state index is 5.81. The Kier molecular flexibility index (Phi) is 2.48. The Morgan fingerprint density at radius 1 is 1.59 bits per heavy atom. The fraction of sp³-hybridized carbons (Fsp3) is 0.500. The Balaban J connectivity index is 1.71. The normalized spacial score (nSPS) is 17.3. The standard InChI is InChI=1S/C12H16N4O/c1-8(13)10-4-5-16(6-10)7-11-14-12(15-17-11)9-2-3-9/h4-6,8-9H,2-3,7,13H2,1H3. The van der Waals surface area contributed by atoms with Crippen LogP contribution in [0.1, 0.15) is 49.0 Å². The van der Waals surface area contributed by atoms with Gasteiger partial charge in [-0.05, 0) is 31.4 Å². The molecular formula is C12H16N4O. The third-order valence-corrected chi connectivity index (χ3v) is 3.04. The molecule has 3 rings (SSSR count). The molecule has 1 aliphatic carbocycles. The maximum atomic E-state index is 5.81. The number of hydrogen-bond acceptors (Lipinski definition) is 4. The van der Waals surface area contributed by atoms with Gasteiger partial charge in [-0.15, -0.1) is 0 Å². The second-order valence-electron chi connectivity index (χ2n) is 4.73. The number of aromatic nitrogens is 3. The lowest BCUT2D eigenvalue weighted by Crippen LogP contribution is -2.04. The van der Waals surface area contributed by atoms with E-state index in [0.29, 0.717) is 18.4 Å². The van der Waals surface area contributed by atoms with Gasteiger partial charge in [-0.1, -0.05) is 5.16 Å². The predicted molar refractivity (Wildman–Crippen MR) is 62.4 cm³/mol. The van der Waals surface area contributed by atoms with Gasteiger partial charge >= 0.3 is 0 Å². The lowest BCUT2D eigenvalue weighted by atomic mass is 10.2. The molecule has 0 amide bonds. The topological polar surface area (TPSA) is 69.9 Å². The minimum absolute atomic E-state index is 0.0564. The van der Waals surface area contributed by atoms with Gasteiger partial charge < -0.3 is 14.8 Å². The molecule has 0 spiro atoms. The van der Waals surface area contributed by atoms with E-state index in [9.17, 15) is 0 Å². The zero-order valence-corrected chi connectivity index (χ0v) is 9.84. The monoisotopic (exact) mass is 232 g/mol. The quantitative estimate of drug-likeness (QED) is 0.872. The van der Waals surface area contributed by atoms with E-state index >= 15 is 0 Å². The smallest absolute Gasteiger partial charge is 0.246 e. The summed E-state index contributed by atoms with van der Waals surface area (Å²) in [5, 5.41) is 3.99. The van der Waals surface area contributed by atoms with Crippen molar-refractivity contribution >= 4 is 0 Å². The molecule has 0 aromatic carbocycles. The van der Waals surface area contributed by atoms with Crippen molar-refractivity contribution in [2.45, 2.75) is 38.3 Å². The van der Waals surface area contributed by atoms with E-state index in [1.807, 2.05) is 30.0 Å². The van der Waals surface area contributed by atoms with Gasteiger partial charge in [0.1, 0.15) is 6.54 Å². The molecule has 1 aliphatic rings. The third kappa shape index (κ3) is 2.24. The van der Waals surface area contributed by atoms with Gasteiger partial charge in [-0.2, -0.15) is 4.98 Å². The average Bonchev–Trinajstić information content (AvgIpc) is 2.87. The summed E-state index contributed by atoms with van der Waals surface area (Å²) in [6, 6.07) is 2.07. The second-order valence-corrected chi connectivity index (χ2v) is 4.73. The first-order valence-corrected chi connectivity index (χ1v) is 5.96. The fourth-order valence-corrected chi connectivity index (χ4v) is 1.82. The van der Waals surface area contributed by atoms with Crippen LogP contribution in [0.25, 0.3) is 0 Å². The minimum atomic E-state index is 0.0564. The van der Waals surface area contributed by atoms with E-state index in [1.54, 1.807) is 0 Å². The summed E-state index contributed by atoms with van der Waals surface area (Å²) in [7, 11) is 0.